The number of ether oxygens (including phenoxy) is 1. The number of hydrogen-bond acceptors (Lipinski definition) is 3. The second-order valence-corrected chi connectivity index (χ2v) is 7.35. The summed E-state index contributed by atoms with van der Waals surface area (Å²) in [5, 5.41) is 3.80. The minimum absolute atomic E-state index is 0.319. The van der Waals surface area contributed by atoms with Gasteiger partial charge in [-0.3, -0.25) is 0 Å². The first-order valence-electron chi connectivity index (χ1n) is 8.50. The van der Waals surface area contributed by atoms with E-state index in [1.807, 2.05) is 11.8 Å². The summed E-state index contributed by atoms with van der Waals surface area (Å²) in [6, 6.07) is 8.99. The second kappa shape index (κ2) is 7.55. The predicted molar refractivity (Wildman–Crippen MR) is 90.2 cm³/mol. The molecule has 0 aromatic heterocycles. The Labute approximate surface area is 133 Å². The van der Waals surface area contributed by atoms with Crippen molar-refractivity contribution in [1.29, 1.82) is 0 Å². The van der Waals surface area contributed by atoms with Crippen LogP contribution in [0.4, 0.5) is 0 Å². The molecule has 2 nitrogen and oxygen atoms in total. The monoisotopic (exact) mass is 305 g/mol. The Hall–Kier alpha value is -0.670. The highest BCUT2D eigenvalue weighted by molar-refractivity contribution is 7.99. The Kier molecular flexibility index (Phi) is 5.48. The molecule has 0 radical (unpaired) electrons. The molecule has 2 aliphatic rings. The van der Waals surface area contributed by atoms with Crippen LogP contribution in [0, 0.1) is 5.92 Å². The summed E-state index contributed by atoms with van der Waals surface area (Å²) in [7, 11) is 0. The first-order valence-corrected chi connectivity index (χ1v) is 9.49. The number of para-hydroxylation sites is 1. The third kappa shape index (κ3) is 3.75. The predicted octanol–water partition coefficient (Wildman–Crippen LogP) is 4.49. The van der Waals surface area contributed by atoms with Gasteiger partial charge in [0.2, 0.25) is 0 Å². The van der Waals surface area contributed by atoms with Crippen LogP contribution in [-0.2, 0) is 0 Å². The van der Waals surface area contributed by atoms with Crippen molar-refractivity contribution >= 4 is 11.8 Å². The molecule has 3 rings (SSSR count). The van der Waals surface area contributed by atoms with Gasteiger partial charge in [-0.15, -0.1) is 11.8 Å². The van der Waals surface area contributed by atoms with Crippen LogP contribution in [0.3, 0.4) is 0 Å². The van der Waals surface area contributed by atoms with Gasteiger partial charge in [-0.05, 0) is 43.9 Å². The summed E-state index contributed by atoms with van der Waals surface area (Å²) in [4.78, 5) is 1.30. The number of rotatable bonds is 5. The molecule has 2 atom stereocenters. The van der Waals surface area contributed by atoms with Crippen molar-refractivity contribution in [3.05, 3.63) is 24.3 Å². The lowest BCUT2D eigenvalue weighted by molar-refractivity contribution is 0.115. The van der Waals surface area contributed by atoms with Crippen LogP contribution >= 0.6 is 11.8 Å². The standard InChI is InChI=1S/C18H27NOS/c1-2-12-19-18(14-8-4-3-5-9-14)16-13-21-17-11-7-6-10-15(17)20-16/h6-7,10-11,14,16,18-19H,2-5,8-9,12-13H2,1H3. The Bertz CT molecular complexity index is 445. The lowest BCUT2D eigenvalue weighted by Gasteiger charge is -2.38. The number of thioether (sulfide) groups is 1. The van der Waals surface area contributed by atoms with Crippen molar-refractivity contribution in [2.75, 3.05) is 12.3 Å². The molecule has 0 saturated heterocycles. The average Bonchev–Trinajstić information content (AvgIpc) is 2.56. The largest absolute Gasteiger partial charge is 0.487 e. The summed E-state index contributed by atoms with van der Waals surface area (Å²) >= 11 is 1.96. The lowest BCUT2D eigenvalue weighted by atomic mass is 9.82. The minimum atomic E-state index is 0.319. The third-order valence-electron chi connectivity index (χ3n) is 4.72. The number of hydrogen-bond donors (Lipinski definition) is 1. The Balaban J connectivity index is 1.71. The van der Waals surface area contributed by atoms with Gasteiger partial charge in [-0.25, -0.2) is 0 Å². The molecular formula is C18H27NOS. The van der Waals surface area contributed by atoms with Crippen LogP contribution in [-0.4, -0.2) is 24.4 Å². The highest BCUT2D eigenvalue weighted by Gasteiger charge is 2.33. The molecule has 3 heteroatoms. The molecule has 1 aromatic carbocycles. The van der Waals surface area contributed by atoms with Crippen molar-refractivity contribution < 1.29 is 4.74 Å². The molecule has 0 bridgehead atoms. The number of nitrogens with one attached hydrogen (secondary N) is 1. The number of fused-ring (bicyclic) bond motifs is 1. The summed E-state index contributed by atoms with van der Waals surface area (Å²) in [5.74, 6) is 2.95. The van der Waals surface area contributed by atoms with Gasteiger partial charge < -0.3 is 10.1 Å². The Morgan fingerprint density at radius 3 is 2.86 bits per heavy atom. The summed E-state index contributed by atoms with van der Waals surface area (Å²) < 4.78 is 6.36. The zero-order chi connectivity index (χ0) is 14.5. The van der Waals surface area contributed by atoms with E-state index in [1.165, 1.54) is 43.4 Å². The highest BCUT2D eigenvalue weighted by atomic mass is 32.2. The van der Waals surface area contributed by atoms with Gasteiger partial charge in [-0.1, -0.05) is 38.3 Å². The molecule has 21 heavy (non-hydrogen) atoms. The van der Waals surface area contributed by atoms with Crippen molar-refractivity contribution in [1.82, 2.24) is 5.32 Å². The van der Waals surface area contributed by atoms with Crippen LogP contribution < -0.4 is 10.1 Å². The van der Waals surface area contributed by atoms with Gasteiger partial charge in [0.1, 0.15) is 11.9 Å². The SMILES string of the molecule is CCCNC(C1CCCCC1)C1CSc2ccccc2O1. The number of benzene rings is 1. The molecule has 0 spiro atoms. The van der Waals surface area contributed by atoms with Crippen LogP contribution in [0.5, 0.6) is 5.75 Å². The summed E-state index contributed by atoms with van der Waals surface area (Å²) in [6.45, 7) is 3.35. The fourth-order valence-electron chi connectivity index (χ4n) is 3.62. The van der Waals surface area contributed by atoms with Gasteiger partial charge in [0, 0.05) is 16.7 Å². The molecule has 1 fully saturated rings. The van der Waals surface area contributed by atoms with E-state index in [-0.39, 0.29) is 0 Å². The molecule has 1 aliphatic carbocycles. The maximum absolute atomic E-state index is 6.36. The van der Waals surface area contributed by atoms with Gasteiger partial charge >= 0.3 is 0 Å². The van der Waals surface area contributed by atoms with E-state index < -0.39 is 0 Å². The molecule has 1 saturated carbocycles. The summed E-state index contributed by atoms with van der Waals surface area (Å²) in [6.07, 6.45) is 8.46. The normalized spacial score (nSPS) is 24.1. The first-order chi connectivity index (χ1) is 10.4. The average molecular weight is 305 g/mol. The van der Waals surface area contributed by atoms with Gasteiger partial charge in [0.25, 0.3) is 0 Å². The van der Waals surface area contributed by atoms with E-state index in [9.17, 15) is 0 Å². The van der Waals surface area contributed by atoms with E-state index >= 15 is 0 Å². The van der Waals surface area contributed by atoms with Crippen molar-refractivity contribution in [3.63, 3.8) is 0 Å². The van der Waals surface area contributed by atoms with Crippen LogP contribution in [0.25, 0.3) is 0 Å². The van der Waals surface area contributed by atoms with Crippen molar-refractivity contribution in [3.8, 4) is 5.75 Å². The van der Waals surface area contributed by atoms with Crippen LogP contribution in [0.15, 0.2) is 29.2 Å². The van der Waals surface area contributed by atoms with Crippen molar-refractivity contribution in [2.45, 2.75) is 62.5 Å². The van der Waals surface area contributed by atoms with Crippen LogP contribution in [0.2, 0.25) is 0 Å². The highest BCUT2D eigenvalue weighted by Crippen LogP contribution is 2.38. The van der Waals surface area contributed by atoms with E-state index in [0.717, 1.165) is 24.0 Å². The fraction of sp³-hybridized carbons (Fsp3) is 0.667. The van der Waals surface area contributed by atoms with Gasteiger partial charge in [0.05, 0.1) is 0 Å². The maximum Gasteiger partial charge on any atom is 0.133 e. The molecular weight excluding hydrogens is 278 g/mol. The van der Waals surface area contributed by atoms with Crippen LogP contribution in [0.1, 0.15) is 45.4 Å². The molecule has 1 aliphatic heterocycles. The lowest BCUT2D eigenvalue weighted by Crippen LogP contribution is -2.50. The fourth-order valence-corrected chi connectivity index (χ4v) is 4.67. The van der Waals surface area contributed by atoms with E-state index in [1.54, 1.807) is 0 Å². The zero-order valence-corrected chi connectivity index (χ0v) is 13.8. The van der Waals surface area contributed by atoms with E-state index in [4.69, 9.17) is 4.74 Å². The smallest absolute Gasteiger partial charge is 0.133 e. The molecule has 1 N–H and O–H groups in total. The van der Waals surface area contributed by atoms with E-state index in [0.29, 0.717) is 12.1 Å². The Morgan fingerprint density at radius 2 is 2.05 bits per heavy atom. The molecule has 2 unspecified atom stereocenters. The third-order valence-corrected chi connectivity index (χ3v) is 5.86. The zero-order valence-electron chi connectivity index (χ0n) is 13.0. The molecule has 1 heterocycles. The molecule has 116 valence electrons. The summed E-state index contributed by atoms with van der Waals surface area (Å²) in [5.41, 5.74) is 0. The molecule has 0 amide bonds. The van der Waals surface area contributed by atoms with Gasteiger partial charge in [-0.2, -0.15) is 0 Å². The molecule has 1 aromatic rings. The first kappa shape index (κ1) is 15.2. The second-order valence-electron chi connectivity index (χ2n) is 6.29. The topological polar surface area (TPSA) is 21.3 Å². The maximum atomic E-state index is 6.36. The van der Waals surface area contributed by atoms with E-state index in [2.05, 4.69) is 36.5 Å². The quantitative estimate of drug-likeness (QED) is 0.866. The van der Waals surface area contributed by atoms with Crippen molar-refractivity contribution in [2.24, 2.45) is 5.92 Å². The van der Waals surface area contributed by atoms with Gasteiger partial charge in [0.15, 0.2) is 0 Å². The Morgan fingerprint density at radius 1 is 1.24 bits per heavy atom. The minimum Gasteiger partial charge on any atom is -0.487 e.